The summed E-state index contributed by atoms with van der Waals surface area (Å²) in [5.74, 6) is 0.752. The molecule has 0 N–H and O–H groups in total. The molecular weight excluding hydrogens is 276 g/mol. The molecule has 0 saturated heterocycles. The van der Waals surface area contributed by atoms with Crippen LogP contribution in [0.3, 0.4) is 0 Å². The van der Waals surface area contributed by atoms with E-state index in [0.29, 0.717) is 17.1 Å². The highest BCUT2D eigenvalue weighted by Gasteiger charge is 2.07. The summed E-state index contributed by atoms with van der Waals surface area (Å²) in [4.78, 5) is 15.7. The SMILES string of the molecule is CC(=O)c1ccc(N=Nc2c(C)nc3cc(C)ccn23)cc1. The lowest BCUT2D eigenvalue weighted by molar-refractivity contribution is 0.101. The first-order valence-electron chi connectivity index (χ1n) is 7.02. The van der Waals surface area contributed by atoms with Crippen LogP contribution in [0.1, 0.15) is 28.5 Å². The van der Waals surface area contributed by atoms with Crippen molar-refractivity contribution in [2.45, 2.75) is 20.8 Å². The highest BCUT2D eigenvalue weighted by atomic mass is 16.1. The van der Waals surface area contributed by atoms with Gasteiger partial charge in [0.05, 0.1) is 11.4 Å². The van der Waals surface area contributed by atoms with Crippen LogP contribution in [0.25, 0.3) is 5.65 Å². The normalized spacial score (nSPS) is 11.4. The van der Waals surface area contributed by atoms with Gasteiger partial charge in [0.2, 0.25) is 0 Å². The quantitative estimate of drug-likeness (QED) is 0.524. The summed E-state index contributed by atoms with van der Waals surface area (Å²) in [5.41, 5.74) is 4.21. The fourth-order valence-corrected chi connectivity index (χ4v) is 2.24. The number of carbonyl (C=O) groups excluding carboxylic acids is 1. The third-order valence-corrected chi connectivity index (χ3v) is 3.46. The third-order valence-electron chi connectivity index (χ3n) is 3.46. The predicted octanol–water partition coefficient (Wildman–Crippen LogP) is 4.57. The number of imidazole rings is 1. The monoisotopic (exact) mass is 292 g/mol. The van der Waals surface area contributed by atoms with Gasteiger partial charge in [-0.2, -0.15) is 0 Å². The third kappa shape index (κ3) is 2.65. The van der Waals surface area contributed by atoms with Gasteiger partial charge in [-0.15, -0.1) is 10.2 Å². The molecular formula is C17H16N4O. The summed E-state index contributed by atoms with van der Waals surface area (Å²) < 4.78 is 1.91. The van der Waals surface area contributed by atoms with E-state index in [1.54, 1.807) is 31.2 Å². The van der Waals surface area contributed by atoms with Gasteiger partial charge in [0.1, 0.15) is 5.65 Å². The van der Waals surface area contributed by atoms with Crippen molar-refractivity contribution in [2.24, 2.45) is 10.2 Å². The zero-order valence-corrected chi connectivity index (χ0v) is 12.7. The van der Waals surface area contributed by atoms with Crippen molar-refractivity contribution in [1.82, 2.24) is 9.38 Å². The molecule has 0 aliphatic rings. The molecule has 0 bridgehead atoms. The van der Waals surface area contributed by atoms with Crippen LogP contribution in [0.5, 0.6) is 0 Å². The molecule has 3 aromatic rings. The van der Waals surface area contributed by atoms with Crippen LogP contribution in [0.15, 0.2) is 52.8 Å². The van der Waals surface area contributed by atoms with Crippen molar-refractivity contribution in [3.63, 3.8) is 0 Å². The molecule has 0 amide bonds. The number of Topliss-reactive ketones (excluding diaryl/α,β-unsaturated/α-hetero) is 1. The lowest BCUT2D eigenvalue weighted by Gasteiger charge is -1.98. The van der Waals surface area contributed by atoms with Crippen LogP contribution in [0, 0.1) is 13.8 Å². The average molecular weight is 292 g/mol. The summed E-state index contributed by atoms with van der Waals surface area (Å²) in [5, 5.41) is 8.54. The first-order valence-corrected chi connectivity index (χ1v) is 7.02. The maximum absolute atomic E-state index is 11.3. The number of azo groups is 1. The van der Waals surface area contributed by atoms with Crippen molar-refractivity contribution in [2.75, 3.05) is 0 Å². The van der Waals surface area contributed by atoms with Crippen molar-refractivity contribution < 1.29 is 4.79 Å². The van der Waals surface area contributed by atoms with Crippen LogP contribution in [0.4, 0.5) is 11.5 Å². The number of carbonyl (C=O) groups is 1. The summed E-state index contributed by atoms with van der Waals surface area (Å²) >= 11 is 0. The fraction of sp³-hybridized carbons (Fsp3) is 0.176. The molecule has 3 rings (SSSR count). The van der Waals surface area contributed by atoms with Gasteiger partial charge in [-0.1, -0.05) is 0 Å². The molecule has 110 valence electrons. The van der Waals surface area contributed by atoms with Gasteiger partial charge >= 0.3 is 0 Å². The predicted molar refractivity (Wildman–Crippen MR) is 85.3 cm³/mol. The van der Waals surface area contributed by atoms with E-state index in [-0.39, 0.29) is 5.78 Å². The lowest BCUT2D eigenvalue weighted by atomic mass is 10.1. The van der Waals surface area contributed by atoms with E-state index in [2.05, 4.69) is 15.2 Å². The Balaban J connectivity index is 1.95. The van der Waals surface area contributed by atoms with Crippen LogP contribution in [-0.4, -0.2) is 15.2 Å². The summed E-state index contributed by atoms with van der Waals surface area (Å²) in [6, 6.07) is 11.1. The Kier molecular flexibility index (Phi) is 3.55. The lowest BCUT2D eigenvalue weighted by Crippen LogP contribution is -1.89. The van der Waals surface area contributed by atoms with Gasteiger partial charge in [-0.3, -0.25) is 9.20 Å². The van der Waals surface area contributed by atoms with Crippen molar-refractivity contribution in [3.05, 3.63) is 59.4 Å². The number of hydrogen-bond donors (Lipinski definition) is 0. The molecule has 5 nitrogen and oxygen atoms in total. The number of rotatable bonds is 3. The van der Waals surface area contributed by atoms with E-state index >= 15 is 0 Å². The summed E-state index contributed by atoms with van der Waals surface area (Å²) in [6.45, 7) is 5.48. The van der Waals surface area contributed by atoms with Crippen LogP contribution < -0.4 is 0 Å². The van der Waals surface area contributed by atoms with E-state index in [0.717, 1.165) is 16.9 Å². The number of aryl methyl sites for hydroxylation is 2. The molecule has 0 saturated carbocycles. The highest BCUT2D eigenvalue weighted by Crippen LogP contribution is 2.24. The second kappa shape index (κ2) is 5.52. The number of nitrogens with zero attached hydrogens (tertiary/aromatic N) is 4. The van der Waals surface area contributed by atoms with E-state index < -0.39 is 0 Å². The molecule has 0 unspecified atom stereocenters. The number of pyridine rings is 1. The van der Waals surface area contributed by atoms with Crippen LogP contribution in [-0.2, 0) is 0 Å². The fourth-order valence-electron chi connectivity index (χ4n) is 2.24. The van der Waals surface area contributed by atoms with E-state index in [4.69, 9.17) is 0 Å². The molecule has 0 radical (unpaired) electrons. The van der Waals surface area contributed by atoms with Crippen LogP contribution in [0.2, 0.25) is 0 Å². The number of ketones is 1. The molecule has 1 aromatic carbocycles. The molecule has 2 aromatic heterocycles. The van der Waals surface area contributed by atoms with Crippen molar-refractivity contribution >= 4 is 22.9 Å². The molecule has 0 aliphatic carbocycles. The van der Waals surface area contributed by atoms with Crippen LogP contribution >= 0.6 is 0 Å². The van der Waals surface area contributed by atoms with Gasteiger partial charge in [-0.05, 0) is 62.7 Å². The Morgan fingerprint density at radius 1 is 1.09 bits per heavy atom. The maximum Gasteiger partial charge on any atom is 0.182 e. The minimum atomic E-state index is 0.0384. The number of aromatic nitrogens is 2. The van der Waals surface area contributed by atoms with Gasteiger partial charge in [0.25, 0.3) is 0 Å². The standard InChI is InChI=1S/C17H16N4O/c1-11-8-9-21-16(10-11)18-12(2)17(21)20-19-15-6-4-14(5-7-15)13(3)22/h4-10H,1-3H3. The van der Waals surface area contributed by atoms with Gasteiger partial charge in [0, 0.05) is 11.8 Å². The second-order valence-electron chi connectivity index (χ2n) is 5.26. The molecule has 0 spiro atoms. The number of fused-ring (bicyclic) bond motifs is 1. The Bertz CT molecular complexity index is 876. The van der Waals surface area contributed by atoms with E-state index in [9.17, 15) is 4.79 Å². The van der Waals surface area contributed by atoms with E-state index in [1.807, 2.05) is 36.6 Å². The Hall–Kier alpha value is -2.82. The molecule has 22 heavy (non-hydrogen) atoms. The van der Waals surface area contributed by atoms with Crippen molar-refractivity contribution in [3.8, 4) is 0 Å². The maximum atomic E-state index is 11.3. The van der Waals surface area contributed by atoms with Gasteiger partial charge < -0.3 is 0 Å². The topological polar surface area (TPSA) is 59.1 Å². The molecule has 0 atom stereocenters. The molecule has 0 aliphatic heterocycles. The zero-order chi connectivity index (χ0) is 15.7. The van der Waals surface area contributed by atoms with Crippen molar-refractivity contribution in [1.29, 1.82) is 0 Å². The highest BCUT2D eigenvalue weighted by molar-refractivity contribution is 5.94. The minimum Gasteiger partial charge on any atom is -0.295 e. The second-order valence-corrected chi connectivity index (χ2v) is 5.26. The Morgan fingerprint density at radius 2 is 1.82 bits per heavy atom. The van der Waals surface area contributed by atoms with E-state index in [1.165, 1.54) is 0 Å². The summed E-state index contributed by atoms with van der Waals surface area (Å²) in [6.07, 6.45) is 1.94. The number of benzene rings is 1. The zero-order valence-electron chi connectivity index (χ0n) is 12.7. The molecule has 5 heteroatoms. The first kappa shape index (κ1) is 14.1. The Morgan fingerprint density at radius 3 is 2.50 bits per heavy atom. The van der Waals surface area contributed by atoms with Gasteiger partial charge in [-0.25, -0.2) is 4.98 Å². The number of hydrogen-bond acceptors (Lipinski definition) is 4. The summed E-state index contributed by atoms with van der Waals surface area (Å²) in [7, 11) is 0. The average Bonchev–Trinajstić information content (AvgIpc) is 2.80. The smallest absolute Gasteiger partial charge is 0.182 e. The molecule has 2 heterocycles. The van der Waals surface area contributed by atoms with Gasteiger partial charge in [0.15, 0.2) is 11.6 Å². The minimum absolute atomic E-state index is 0.0384. The first-order chi connectivity index (χ1) is 10.5. The Labute approximate surface area is 128 Å². The molecule has 0 fully saturated rings. The largest absolute Gasteiger partial charge is 0.295 e.